The highest BCUT2D eigenvalue weighted by Crippen LogP contribution is 2.37. The van der Waals surface area contributed by atoms with E-state index in [0.717, 1.165) is 16.5 Å². The van der Waals surface area contributed by atoms with Gasteiger partial charge < -0.3 is 19.6 Å². The third-order valence-corrected chi connectivity index (χ3v) is 6.46. The molecule has 2 N–H and O–H groups in total. The van der Waals surface area contributed by atoms with Gasteiger partial charge in [-0.15, -0.1) is 0 Å². The minimum Gasteiger partial charge on any atom is -0.479 e. The Kier molecular flexibility index (Phi) is 6.31. The van der Waals surface area contributed by atoms with Crippen LogP contribution in [-0.2, 0) is 17.2 Å². The molecule has 0 saturated heterocycles. The Morgan fingerprint density at radius 1 is 1.12 bits per heavy atom. The van der Waals surface area contributed by atoms with Crippen LogP contribution in [0, 0.1) is 0 Å². The summed E-state index contributed by atoms with van der Waals surface area (Å²) in [6.07, 6.45) is -0.344. The van der Waals surface area contributed by atoms with E-state index >= 15 is 0 Å². The first kappa shape index (κ1) is 23.7. The predicted octanol–water partition coefficient (Wildman–Crippen LogP) is 4.34. The van der Waals surface area contributed by atoms with Gasteiger partial charge in [0.05, 0.1) is 13.3 Å². The van der Waals surface area contributed by atoms with Crippen molar-refractivity contribution < 1.29 is 22.5 Å². The molecule has 12 heteroatoms. The number of methoxy groups -OCH3 is 1. The van der Waals surface area contributed by atoms with Crippen LogP contribution in [0.5, 0.6) is 5.88 Å². The van der Waals surface area contributed by atoms with E-state index in [0.29, 0.717) is 12.6 Å². The Bertz CT molecular complexity index is 1380. The summed E-state index contributed by atoms with van der Waals surface area (Å²) in [5.41, 5.74) is 1.21. The number of rotatable bonds is 7. The number of aromatic nitrogens is 5. The lowest BCUT2D eigenvalue weighted by atomic mass is 10.1. The van der Waals surface area contributed by atoms with Crippen LogP contribution in [0.4, 0.5) is 19.0 Å². The number of anilines is 1. The first-order valence-corrected chi connectivity index (χ1v) is 12.9. The van der Waals surface area contributed by atoms with Gasteiger partial charge in [-0.1, -0.05) is 18.2 Å². The van der Waals surface area contributed by atoms with Crippen molar-refractivity contribution in [2.24, 2.45) is 0 Å². The highest BCUT2D eigenvalue weighted by molar-refractivity contribution is 7.69. The molecular weight excluding hydrogens is 468 g/mol. The Labute approximate surface area is 193 Å². The number of para-hydroxylation sites is 1. The SMILES string of the molecule is COc1nc(P(C)(C)=O)cnc1-c1ncc(C(F)(F)F)c(NCCc2c[nH]c3ccccc23)n1. The van der Waals surface area contributed by atoms with Gasteiger partial charge >= 0.3 is 6.18 Å². The van der Waals surface area contributed by atoms with Crippen LogP contribution in [0.15, 0.2) is 42.9 Å². The van der Waals surface area contributed by atoms with Crippen LogP contribution in [0.3, 0.4) is 0 Å². The molecule has 1 aromatic carbocycles. The lowest BCUT2D eigenvalue weighted by molar-refractivity contribution is -0.137. The molecule has 0 spiro atoms. The highest BCUT2D eigenvalue weighted by atomic mass is 31.2. The molecule has 0 bridgehead atoms. The van der Waals surface area contributed by atoms with Gasteiger partial charge in [0.15, 0.2) is 11.5 Å². The molecule has 0 atom stereocenters. The molecule has 0 unspecified atom stereocenters. The number of alkyl halides is 3. The Hall–Kier alpha value is -3.46. The molecule has 0 amide bonds. The number of H-pyrrole nitrogens is 1. The number of nitrogens with one attached hydrogen (secondary N) is 2. The Morgan fingerprint density at radius 3 is 2.59 bits per heavy atom. The topological polar surface area (TPSA) is 106 Å². The van der Waals surface area contributed by atoms with Gasteiger partial charge in [-0.3, -0.25) is 0 Å². The zero-order valence-corrected chi connectivity index (χ0v) is 19.5. The molecule has 178 valence electrons. The van der Waals surface area contributed by atoms with Crippen LogP contribution in [0.2, 0.25) is 0 Å². The summed E-state index contributed by atoms with van der Waals surface area (Å²) in [5.74, 6) is -0.492. The maximum absolute atomic E-state index is 13.6. The molecule has 0 aliphatic carbocycles. The summed E-state index contributed by atoms with van der Waals surface area (Å²) < 4.78 is 58.4. The summed E-state index contributed by atoms with van der Waals surface area (Å²) in [5, 5.41) is 3.79. The van der Waals surface area contributed by atoms with E-state index < -0.39 is 18.9 Å². The van der Waals surface area contributed by atoms with Crippen molar-refractivity contribution in [3.63, 3.8) is 0 Å². The van der Waals surface area contributed by atoms with Gasteiger partial charge in [0.2, 0.25) is 5.88 Å². The molecule has 4 aromatic rings. The maximum atomic E-state index is 13.6. The van der Waals surface area contributed by atoms with Gasteiger partial charge in [-0.05, 0) is 31.4 Å². The van der Waals surface area contributed by atoms with Crippen LogP contribution in [0.1, 0.15) is 11.1 Å². The fraction of sp³-hybridized carbons (Fsp3) is 0.273. The third-order valence-electron chi connectivity index (χ3n) is 5.14. The second-order valence-electron chi connectivity index (χ2n) is 7.93. The maximum Gasteiger partial charge on any atom is 0.421 e. The number of benzene rings is 1. The van der Waals surface area contributed by atoms with E-state index in [1.165, 1.54) is 26.6 Å². The molecule has 0 fully saturated rings. The van der Waals surface area contributed by atoms with Crippen LogP contribution in [0.25, 0.3) is 22.4 Å². The van der Waals surface area contributed by atoms with E-state index in [-0.39, 0.29) is 35.2 Å². The van der Waals surface area contributed by atoms with Crippen LogP contribution < -0.4 is 15.5 Å². The minimum atomic E-state index is -4.65. The van der Waals surface area contributed by atoms with Crippen molar-refractivity contribution in [3.8, 4) is 17.4 Å². The Balaban J connectivity index is 1.65. The van der Waals surface area contributed by atoms with Gasteiger partial charge in [-0.2, -0.15) is 13.2 Å². The first-order valence-electron chi connectivity index (χ1n) is 10.3. The van der Waals surface area contributed by atoms with E-state index in [4.69, 9.17) is 4.74 Å². The molecule has 3 aromatic heterocycles. The van der Waals surface area contributed by atoms with Crippen molar-refractivity contribution in [1.29, 1.82) is 0 Å². The third kappa shape index (κ3) is 4.89. The average Bonchev–Trinajstić information content (AvgIpc) is 3.20. The Morgan fingerprint density at radius 2 is 1.88 bits per heavy atom. The van der Waals surface area contributed by atoms with Crippen LogP contribution >= 0.6 is 7.14 Å². The quantitative estimate of drug-likeness (QED) is 0.371. The second kappa shape index (κ2) is 9.06. The normalized spacial score (nSPS) is 12.2. The van der Waals surface area contributed by atoms with E-state index in [2.05, 4.69) is 30.2 Å². The monoisotopic (exact) mass is 490 g/mol. The van der Waals surface area contributed by atoms with Crippen molar-refractivity contribution in [2.75, 3.05) is 32.3 Å². The van der Waals surface area contributed by atoms with Gasteiger partial charge in [0, 0.05) is 29.8 Å². The number of ether oxygens (including phenoxy) is 1. The zero-order valence-electron chi connectivity index (χ0n) is 18.6. The summed E-state index contributed by atoms with van der Waals surface area (Å²) in [4.78, 5) is 19.5. The second-order valence-corrected chi connectivity index (χ2v) is 11.1. The number of nitrogens with zero attached hydrogens (tertiary/aromatic N) is 4. The van der Waals surface area contributed by atoms with Gasteiger partial charge in [-0.25, -0.2) is 19.9 Å². The van der Waals surface area contributed by atoms with Gasteiger partial charge in [0.1, 0.15) is 24.0 Å². The number of fused-ring (bicyclic) bond motifs is 1. The van der Waals surface area contributed by atoms with Crippen molar-refractivity contribution >= 4 is 29.3 Å². The average molecular weight is 490 g/mol. The molecule has 34 heavy (non-hydrogen) atoms. The molecule has 0 radical (unpaired) electrons. The summed E-state index contributed by atoms with van der Waals surface area (Å²) >= 11 is 0. The molecule has 0 aliphatic heterocycles. The van der Waals surface area contributed by atoms with Crippen molar-refractivity contribution in [3.05, 3.63) is 54.0 Å². The molecule has 8 nitrogen and oxygen atoms in total. The molecule has 0 aliphatic rings. The predicted molar refractivity (Wildman–Crippen MR) is 124 cm³/mol. The fourth-order valence-electron chi connectivity index (χ4n) is 3.41. The summed E-state index contributed by atoms with van der Waals surface area (Å²) in [6.45, 7) is 3.26. The molecular formula is C22H22F3N6O2P. The number of hydrogen-bond acceptors (Lipinski definition) is 7. The zero-order chi connectivity index (χ0) is 24.5. The number of aromatic amines is 1. The fourth-order valence-corrected chi connectivity index (χ4v) is 4.08. The van der Waals surface area contributed by atoms with Crippen molar-refractivity contribution in [2.45, 2.75) is 12.6 Å². The number of hydrogen-bond donors (Lipinski definition) is 2. The summed E-state index contributed by atoms with van der Waals surface area (Å²) in [7, 11) is -1.39. The first-order chi connectivity index (χ1) is 16.1. The lowest BCUT2D eigenvalue weighted by Gasteiger charge is -2.15. The molecule has 3 heterocycles. The smallest absolute Gasteiger partial charge is 0.421 e. The van der Waals surface area contributed by atoms with Crippen LogP contribution in [-0.4, -0.2) is 51.9 Å². The number of halogens is 3. The lowest BCUT2D eigenvalue weighted by Crippen LogP contribution is -2.16. The van der Waals surface area contributed by atoms with E-state index in [1.54, 1.807) is 0 Å². The highest BCUT2D eigenvalue weighted by Gasteiger charge is 2.35. The summed E-state index contributed by atoms with van der Waals surface area (Å²) in [6, 6.07) is 7.69. The molecule has 4 rings (SSSR count). The minimum absolute atomic E-state index is 0.0223. The largest absolute Gasteiger partial charge is 0.479 e. The standard InChI is InChI=1S/C22H22F3N6O2P/c1-33-21-18(28-12-17(30-21)34(2,3)32)20-29-11-15(22(23,24)25)19(31-20)26-9-8-13-10-27-16-7-5-4-6-14(13)16/h4-7,10-12,27H,8-9H2,1-3H3,(H,26,29,31). The van der Waals surface area contributed by atoms with Gasteiger partial charge in [0.25, 0.3) is 0 Å². The van der Waals surface area contributed by atoms with E-state index in [9.17, 15) is 17.7 Å². The molecule has 0 saturated carbocycles. The van der Waals surface area contributed by atoms with E-state index in [1.807, 2.05) is 30.5 Å². The van der Waals surface area contributed by atoms with Crippen molar-refractivity contribution in [1.82, 2.24) is 24.9 Å².